The zero-order chi connectivity index (χ0) is 15.7. The van der Waals surface area contributed by atoms with Crippen molar-refractivity contribution < 1.29 is 17.9 Å². The van der Waals surface area contributed by atoms with Crippen LogP contribution in [0.2, 0.25) is 0 Å². The van der Waals surface area contributed by atoms with E-state index in [-0.39, 0.29) is 18.0 Å². The van der Waals surface area contributed by atoms with Crippen LogP contribution in [0.1, 0.15) is 25.3 Å². The maximum absolute atomic E-state index is 12.1. The van der Waals surface area contributed by atoms with Gasteiger partial charge in [0.25, 0.3) is 0 Å². The normalized spacial score (nSPS) is 11.6. The fraction of sp³-hybridized carbons (Fsp3) is 0.571. The molecule has 0 atom stereocenters. The Bertz CT molecular complexity index is 532. The number of methoxy groups -OCH3 is 1. The molecule has 0 fully saturated rings. The molecule has 0 saturated heterocycles. The van der Waals surface area contributed by atoms with Crippen molar-refractivity contribution in [3.8, 4) is 5.75 Å². The van der Waals surface area contributed by atoms with Crippen molar-refractivity contribution in [3.63, 3.8) is 0 Å². The Morgan fingerprint density at radius 3 is 2.67 bits per heavy atom. The number of unbranched alkanes of at least 4 members (excludes halogenated alkanes) is 1. The van der Waals surface area contributed by atoms with Crippen LogP contribution in [0.3, 0.4) is 0 Å². The van der Waals surface area contributed by atoms with Gasteiger partial charge >= 0.3 is 0 Å². The molecule has 7 heteroatoms. The molecule has 0 spiro atoms. The van der Waals surface area contributed by atoms with Crippen molar-refractivity contribution in [2.24, 2.45) is 5.73 Å². The summed E-state index contributed by atoms with van der Waals surface area (Å²) in [6, 6.07) is 4.63. The highest BCUT2D eigenvalue weighted by molar-refractivity contribution is 7.89. The number of nitrogens with two attached hydrogens (primary N) is 1. The van der Waals surface area contributed by atoms with Gasteiger partial charge in [-0.3, -0.25) is 0 Å². The highest BCUT2D eigenvalue weighted by atomic mass is 32.2. The number of hydrogen-bond acceptors (Lipinski definition) is 5. The minimum atomic E-state index is -3.55. The summed E-state index contributed by atoms with van der Waals surface area (Å²) in [6.07, 6.45) is 2.03. The van der Waals surface area contributed by atoms with Crippen LogP contribution in [0, 0.1) is 0 Å². The summed E-state index contributed by atoms with van der Waals surface area (Å²) in [6.45, 7) is 3.55. The van der Waals surface area contributed by atoms with Crippen LogP contribution in [0.4, 0.5) is 0 Å². The van der Waals surface area contributed by atoms with Crippen LogP contribution in [0.25, 0.3) is 0 Å². The molecule has 0 aliphatic heterocycles. The molecule has 6 nitrogen and oxygen atoms in total. The zero-order valence-corrected chi connectivity index (χ0v) is 13.4. The van der Waals surface area contributed by atoms with Gasteiger partial charge in [0, 0.05) is 25.3 Å². The maximum Gasteiger partial charge on any atom is 0.240 e. The number of hydrogen-bond donors (Lipinski definition) is 2. The van der Waals surface area contributed by atoms with Crippen molar-refractivity contribution in [3.05, 3.63) is 23.8 Å². The summed E-state index contributed by atoms with van der Waals surface area (Å²) in [5.74, 6) is 0.583. The van der Waals surface area contributed by atoms with E-state index in [1.54, 1.807) is 6.07 Å². The van der Waals surface area contributed by atoms with E-state index in [0.717, 1.165) is 12.8 Å². The van der Waals surface area contributed by atoms with Crippen LogP contribution in [-0.4, -0.2) is 35.3 Å². The van der Waals surface area contributed by atoms with E-state index in [4.69, 9.17) is 15.2 Å². The first kappa shape index (κ1) is 17.9. The molecule has 1 aromatic carbocycles. The number of ether oxygens (including phenoxy) is 2. The number of nitrogens with one attached hydrogen (secondary N) is 1. The highest BCUT2D eigenvalue weighted by Gasteiger charge is 2.15. The molecule has 0 aromatic heterocycles. The third-order valence-corrected chi connectivity index (χ3v) is 4.42. The summed E-state index contributed by atoms with van der Waals surface area (Å²) in [7, 11) is -2.03. The minimum Gasteiger partial charge on any atom is -0.496 e. The standard InChI is InChI=1S/C14H24N2O4S/c1-3-4-8-20-9-7-16-21(17,18)13-5-6-14(19-2)12(10-13)11-15/h5-6,10,16H,3-4,7-9,11,15H2,1-2H3. The molecule has 120 valence electrons. The van der Waals surface area contributed by atoms with Crippen LogP contribution < -0.4 is 15.2 Å². The summed E-state index contributed by atoms with van der Waals surface area (Å²) in [4.78, 5) is 0.178. The van der Waals surface area contributed by atoms with Crippen LogP contribution >= 0.6 is 0 Å². The predicted octanol–water partition coefficient (Wildman–Crippen LogP) is 1.25. The second-order valence-corrected chi connectivity index (χ2v) is 6.31. The quantitative estimate of drug-likeness (QED) is 0.634. The highest BCUT2D eigenvalue weighted by Crippen LogP contribution is 2.21. The first-order valence-corrected chi connectivity index (χ1v) is 8.47. The molecule has 0 bridgehead atoms. The van der Waals surface area contributed by atoms with Crippen molar-refractivity contribution in [2.45, 2.75) is 31.2 Å². The average molecular weight is 316 g/mol. The van der Waals surface area contributed by atoms with E-state index in [1.807, 2.05) is 0 Å². The molecule has 1 aromatic rings. The molecule has 0 heterocycles. The van der Waals surface area contributed by atoms with Gasteiger partial charge in [-0.05, 0) is 24.6 Å². The Kier molecular flexibility index (Phi) is 7.66. The largest absolute Gasteiger partial charge is 0.496 e. The summed E-state index contributed by atoms with van der Waals surface area (Å²) < 4.78 is 37.2. The van der Waals surface area contributed by atoms with E-state index < -0.39 is 10.0 Å². The Balaban J connectivity index is 2.62. The molecule has 0 amide bonds. The van der Waals surface area contributed by atoms with Gasteiger partial charge in [0.15, 0.2) is 0 Å². The lowest BCUT2D eigenvalue weighted by Crippen LogP contribution is -2.27. The van der Waals surface area contributed by atoms with Gasteiger partial charge in [0.05, 0.1) is 18.6 Å². The van der Waals surface area contributed by atoms with Gasteiger partial charge in [0.1, 0.15) is 5.75 Å². The summed E-state index contributed by atoms with van der Waals surface area (Å²) in [5.41, 5.74) is 6.24. The van der Waals surface area contributed by atoms with Crippen LogP contribution in [0.15, 0.2) is 23.1 Å². The fourth-order valence-electron chi connectivity index (χ4n) is 1.76. The molecule has 0 aliphatic carbocycles. The molecule has 0 unspecified atom stereocenters. The maximum atomic E-state index is 12.1. The second-order valence-electron chi connectivity index (χ2n) is 4.54. The molecular weight excluding hydrogens is 292 g/mol. The van der Waals surface area contributed by atoms with Crippen molar-refractivity contribution in [1.82, 2.24) is 4.72 Å². The first-order chi connectivity index (χ1) is 10.0. The van der Waals surface area contributed by atoms with Gasteiger partial charge in [-0.2, -0.15) is 0 Å². The van der Waals surface area contributed by atoms with E-state index in [1.165, 1.54) is 19.2 Å². The van der Waals surface area contributed by atoms with E-state index in [2.05, 4.69) is 11.6 Å². The Hall–Kier alpha value is -1.15. The lowest BCUT2D eigenvalue weighted by Gasteiger charge is -2.11. The number of sulfonamides is 1. The van der Waals surface area contributed by atoms with E-state index in [0.29, 0.717) is 24.5 Å². The molecule has 0 aliphatic rings. The minimum absolute atomic E-state index is 0.178. The van der Waals surface area contributed by atoms with Gasteiger partial charge in [-0.25, -0.2) is 13.1 Å². The first-order valence-electron chi connectivity index (χ1n) is 6.99. The third-order valence-electron chi connectivity index (χ3n) is 2.96. The third kappa shape index (κ3) is 5.62. The summed E-state index contributed by atoms with van der Waals surface area (Å²) >= 11 is 0. The second kappa shape index (κ2) is 8.99. The Morgan fingerprint density at radius 1 is 1.29 bits per heavy atom. The zero-order valence-electron chi connectivity index (χ0n) is 12.6. The molecule has 3 N–H and O–H groups in total. The van der Waals surface area contributed by atoms with Crippen molar-refractivity contribution in [2.75, 3.05) is 26.9 Å². The predicted molar refractivity (Wildman–Crippen MR) is 81.8 cm³/mol. The van der Waals surface area contributed by atoms with Gasteiger partial charge in [0.2, 0.25) is 10.0 Å². The van der Waals surface area contributed by atoms with Gasteiger partial charge in [-0.15, -0.1) is 0 Å². The fourth-order valence-corrected chi connectivity index (χ4v) is 2.82. The topological polar surface area (TPSA) is 90.6 Å². The molecule has 1 rings (SSSR count). The SMILES string of the molecule is CCCCOCCNS(=O)(=O)c1ccc(OC)c(CN)c1. The number of rotatable bonds is 10. The van der Waals surface area contributed by atoms with E-state index >= 15 is 0 Å². The van der Waals surface area contributed by atoms with Gasteiger partial charge in [-0.1, -0.05) is 13.3 Å². The molecule has 0 saturated carbocycles. The molecular formula is C14H24N2O4S. The number of benzene rings is 1. The van der Waals surface area contributed by atoms with Crippen molar-refractivity contribution >= 4 is 10.0 Å². The monoisotopic (exact) mass is 316 g/mol. The average Bonchev–Trinajstić information content (AvgIpc) is 2.49. The lowest BCUT2D eigenvalue weighted by molar-refractivity contribution is 0.136. The molecule has 0 radical (unpaired) electrons. The Morgan fingerprint density at radius 2 is 2.05 bits per heavy atom. The Labute approximate surface area is 126 Å². The lowest BCUT2D eigenvalue weighted by atomic mass is 10.2. The van der Waals surface area contributed by atoms with Gasteiger partial charge < -0.3 is 15.2 Å². The van der Waals surface area contributed by atoms with Crippen LogP contribution in [-0.2, 0) is 21.3 Å². The summed E-state index contributed by atoms with van der Waals surface area (Å²) in [5, 5.41) is 0. The smallest absolute Gasteiger partial charge is 0.240 e. The van der Waals surface area contributed by atoms with Crippen molar-refractivity contribution in [1.29, 1.82) is 0 Å². The molecule has 21 heavy (non-hydrogen) atoms. The van der Waals surface area contributed by atoms with E-state index in [9.17, 15) is 8.42 Å². The van der Waals surface area contributed by atoms with Crippen LogP contribution in [0.5, 0.6) is 5.75 Å².